The Balaban J connectivity index is 1.77. The van der Waals surface area contributed by atoms with Crippen LogP contribution in [0.1, 0.15) is 5.56 Å². The molecule has 0 aliphatic carbocycles. The molecule has 2 heterocycles. The first-order valence-corrected chi connectivity index (χ1v) is 9.56. The first-order chi connectivity index (χ1) is 12.9. The van der Waals surface area contributed by atoms with Crippen LogP contribution in [0.25, 0.3) is 22.0 Å². The highest BCUT2D eigenvalue weighted by molar-refractivity contribution is 7.89. The molecule has 27 heavy (non-hydrogen) atoms. The lowest BCUT2D eigenvalue weighted by Crippen LogP contribution is -2.21. The Morgan fingerprint density at radius 2 is 1.96 bits per heavy atom. The second-order valence-electron chi connectivity index (χ2n) is 6.09. The van der Waals surface area contributed by atoms with Gasteiger partial charge in [0.25, 0.3) is 5.56 Å². The van der Waals surface area contributed by atoms with Gasteiger partial charge in [0.15, 0.2) is 0 Å². The van der Waals surface area contributed by atoms with Crippen molar-refractivity contribution >= 4 is 20.9 Å². The summed E-state index contributed by atoms with van der Waals surface area (Å²) in [5.41, 5.74) is 2.72. The number of aromatic nitrogens is 4. The summed E-state index contributed by atoms with van der Waals surface area (Å²) in [6.45, 7) is 0.182. The molecule has 0 aliphatic rings. The molecule has 136 valence electrons. The van der Waals surface area contributed by atoms with Crippen molar-refractivity contribution in [3.8, 4) is 11.1 Å². The maximum absolute atomic E-state index is 12.9. The van der Waals surface area contributed by atoms with Crippen molar-refractivity contribution in [3.63, 3.8) is 0 Å². The monoisotopic (exact) mass is 381 g/mol. The predicted octanol–water partition coefficient (Wildman–Crippen LogP) is 1.48. The van der Waals surface area contributed by atoms with Crippen LogP contribution in [-0.2, 0) is 16.6 Å². The molecule has 0 aliphatic heterocycles. The van der Waals surface area contributed by atoms with Gasteiger partial charge in [-0.15, -0.1) is 0 Å². The Hall–Kier alpha value is -3.30. The summed E-state index contributed by atoms with van der Waals surface area (Å²) < 4.78 is 24.5. The van der Waals surface area contributed by atoms with Crippen LogP contribution in [0.2, 0.25) is 0 Å². The molecule has 2 aromatic carbocycles. The van der Waals surface area contributed by atoms with Gasteiger partial charge in [-0.1, -0.05) is 18.2 Å². The second-order valence-corrected chi connectivity index (χ2v) is 7.65. The summed E-state index contributed by atoms with van der Waals surface area (Å²) in [4.78, 5) is 17.2. The van der Waals surface area contributed by atoms with Crippen LogP contribution in [0.3, 0.4) is 0 Å². The van der Waals surface area contributed by atoms with E-state index >= 15 is 0 Å². The highest BCUT2D eigenvalue weighted by Gasteiger charge is 2.10. The van der Waals surface area contributed by atoms with E-state index in [-0.39, 0.29) is 17.0 Å². The van der Waals surface area contributed by atoms with Crippen molar-refractivity contribution in [3.05, 3.63) is 77.1 Å². The van der Waals surface area contributed by atoms with Crippen LogP contribution in [-0.4, -0.2) is 28.2 Å². The van der Waals surface area contributed by atoms with Gasteiger partial charge < -0.3 is 0 Å². The summed E-state index contributed by atoms with van der Waals surface area (Å²) >= 11 is 0. The fraction of sp³-hybridized carbons (Fsp3) is 0.0556. The third-order valence-electron chi connectivity index (χ3n) is 4.24. The Morgan fingerprint density at radius 1 is 1.11 bits per heavy atom. The van der Waals surface area contributed by atoms with Gasteiger partial charge in [-0.2, -0.15) is 5.10 Å². The molecule has 0 saturated carbocycles. The van der Waals surface area contributed by atoms with Crippen LogP contribution in [0.15, 0.2) is 70.9 Å². The van der Waals surface area contributed by atoms with Gasteiger partial charge in [-0.05, 0) is 35.4 Å². The molecule has 8 nitrogen and oxygen atoms in total. The molecule has 0 unspecified atom stereocenters. The minimum absolute atomic E-state index is 0.00374. The van der Waals surface area contributed by atoms with Crippen molar-refractivity contribution in [2.24, 2.45) is 5.14 Å². The fourth-order valence-corrected chi connectivity index (χ4v) is 3.46. The van der Waals surface area contributed by atoms with Gasteiger partial charge in [0, 0.05) is 11.8 Å². The molecule has 0 amide bonds. The van der Waals surface area contributed by atoms with Crippen LogP contribution >= 0.6 is 0 Å². The fourth-order valence-electron chi connectivity index (χ4n) is 2.88. The standard InChI is InChI=1S/C18H15N5O3S/c19-27(25,26)15-3-1-2-12(6-15)10-23-11-20-17-5-4-13(7-16(17)18(23)24)14-8-21-22-9-14/h1-9,11H,10H2,(H,21,22)(H2,19,25,26). The van der Waals surface area contributed by atoms with Gasteiger partial charge in [0.1, 0.15) is 0 Å². The van der Waals surface area contributed by atoms with E-state index in [2.05, 4.69) is 15.2 Å². The number of fused-ring (bicyclic) bond motifs is 1. The topological polar surface area (TPSA) is 124 Å². The smallest absolute Gasteiger partial charge is 0.261 e. The molecule has 0 saturated heterocycles. The zero-order chi connectivity index (χ0) is 19.0. The number of sulfonamides is 1. The number of H-pyrrole nitrogens is 1. The lowest BCUT2D eigenvalue weighted by molar-refractivity contribution is 0.597. The zero-order valence-electron chi connectivity index (χ0n) is 14.0. The SMILES string of the molecule is NS(=O)(=O)c1cccc(Cn2cnc3ccc(-c4cn[nH]c4)cc3c2=O)c1. The molecule has 0 spiro atoms. The first kappa shape index (κ1) is 17.1. The zero-order valence-corrected chi connectivity index (χ0v) is 14.8. The molecule has 0 bridgehead atoms. The summed E-state index contributed by atoms with van der Waals surface area (Å²) in [7, 11) is -3.81. The molecule has 0 atom stereocenters. The normalized spacial score (nSPS) is 11.7. The van der Waals surface area contributed by atoms with Crippen molar-refractivity contribution in [2.45, 2.75) is 11.4 Å². The Kier molecular flexibility index (Phi) is 4.09. The molecule has 4 aromatic rings. The summed E-state index contributed by atoms with van der Waals surface area (Å²) in [6, 6.07) is 11.6. The van der Waals surface area contributed by atoms with E-state index in [4.69, 9.17) is 5.14 Å². The van der Waals surface area contributed by atoms with E-state index in [0.717, 1.165) is 11.1 Å². The van der Waals surface area contributed by atoms with Crippen molar-refractivity contribution in [1.29, 1.82) is 0 Å². The van der Waals surface area contributed by atoms with Crippen LogP contribution in [0.5, 0.6) is 0 Å². The number of primary sulfonamides is 1. The molecular formula is C18H15N5O3S. The second kappa shape index (κ2) is 6.45. The van der Waals surface area contributed by atoms with E-state index in [1.165, 1.54) is 23.0 Å². The quantitative estimate of drug-likeness (QED) is 0.554. The molecule has 0 fully saturated rings. The van der Waals surface area contributed by atoms with Gasteiger partial charge >= 0.3 is 0 Å². The molecule has 2 aromatic heterocycles. The highest BCUT2D eigenvalue weighted by atomic mass is 32.2. The molecule has 0 radical (unpaired) electrons. The van der Waals surface area contributed by atoms with Crippen LogP contribution in [0.4, 0.5) is 0 Å². The number of nitrogens with zero attached hydrogens (tertiary/aromatic N) is 3. The number of hydrogen-bond donors (Lipinski definition) is 2. The maximum Gasteiger partial charge on any atom is 0.261 e. The van der Waals surface area contributed by atoms with E-state index in [0.29, 0.717) is 16.5 Å². The lowest BCUT2D eigenvalue weighted by Gasteiger charge is -2.09. The first-order valence-electron chi connectivity index (χ1n) is 8.02. The molecule has 4 rings (SSSR count). The van der Waals surface area contributed by atoms with E-state index in [1.807, 2.05) is 6.07 Å². The van der Waals surface area contributed by atoms with E-state index in [1.54, 1.807) is 36.7 Å². The van der Waals surface area contributed by atoms with Gasteiger partial charge in [-0.3, -0.25) is 14.5 Å². The minimum Gasteiger partial charge on any atom is -0.294 e. The Labute approximate surface area is 154 Å². The number of rotatable bonds is 4. The van der Waals surface area contributed by atoms with E-state index in [9.17, 15) is 13.2 Å². The van der Waals surface area contributed by atoms with Crippen LogP contribution < -0.4 is 10.7 Å². The van der Waals surface area contributed by atoms with Crippen LogP contribution in [0, 0.1) is 0 Å². The number of aromatic amines is 1. The van der Waals surface area contributed by atoms with Crippen molar-refractivity contribution in [2.75, 3.05) is 0 Å². The summed E-state index contributed by atoms with van der Waals surface area (Å²) in [5, 5.41) is 12.3. The van der Waals surface area contributed by atoms with Gasteiger partial charge in [-0.25, -0.2) is 18.5 Å². The number of nitrogens with one attached hydrogen (secondary N) is 1. The summed E-state index contributed by atoms with van der Waals surface area (Å²) in [5.74, 6) is 0. The third-order valence-corrected chi connectivity index (χ3v) is 5.15. The van der Waals surface area contributed by atoms with Crippen molar-refractivity contribution in [1.82, 2.24) is 19.7 Å². The molecule has 3 N–H and O–H groups in total. The van der Waals surface area contributed by atoms with Gasteiger partial charge in [0.2, 0.25) is 10.0 Å². The van der Waals surface area contributed by atoms with Gasteiger partial charge in [0.05, 0.1) is 34.9 Å². The largest absolute Gasteiger partial charge is 0.294 e. The molecule has 9 heteroatoms. The minimum atomic E-state index is -3.81. The third kappa shape index (κ3) is 3.37. The van der Waals surface area contributed by atoms with E-state index < -0.39 is 10.0 Å². The van der Waals surface area contributed by atoms with Crippen molar-refractivity contribution < 1.29 is 8.42 Å². The Bertz CT molecular complexity index is 1290. The number of hydrogen-bond acceptors (Lipinski definition) is 5. The Morgan fingerprint density at radius 3 is 2.70 bits per heavy atom. The predicted molar refractivity (Wildman–Crippen MR) is 101 cm³/mol. The number of benzene rings is 2. The molecular weight excluding hydrogens is 366 g/mol. The average Bonchev–Trinajstić information content (AvgIpc) is 3.18. The highest BCUT2D eigenvalue weighted by Crippen LogP contribution is 2.21. The summed E-state index contributed by atoms with van der Waals surface area (Å²) in [6.07, 6.45) is 4.87. The number of nitrogens with two attached hydrogens (primary N) is 1. The maximum atomic E-state index is 12.9. The lowest BCUT2D eigenvalue weighted by atomic mass is 10.1. The average molecular weight is 381 g/mol.